The minimum atomic E-state index is -4.49. The monoisotopic (exact) mass is 312 g/mol. The van der Waals surface area contributed by atoms with Crippen molar-refractivity contribution < 1.29 is 17.6 Å². The van der Waals surface area contributed by atoms with Crippen LogP contribution >= 0.6 is 11.6 Å². The number of rotatable bonds is 1. The molecule has 1 heterocycles. The van der Waals surface area contributed by atoms with E-state index in [1.807, 2.05) is 0 Å². The molecule has 1 aromatic heterocycles. The summed E-state index contributed by atoms with van der Waals surface area (Å²) in [5, 5.41) is 0.270. The second-order valence-corrected chi connectivity index (χ2v) is 4.81. The Morgan fingerprint density at radius 3 is 2.57 bits per heavy atom. The largest absolute Gasteiger partial charge is 0.436 e. The number of nitrogen functional groups attached to an aromatic ring is 1. The van der Waals surface area contributed by atoms with Gasteiger partial charge in [0.05, 0.1) is 16.3 Å². The van der Waals surface area contributed by atoms with Gasteiger partial charge in [-0.2, -0.15) is 13.2 Å². The minimum Gasteiger partial charge on any atom is -0.436 e. The first-order valence-electron chi connectivity index (χ1n) is 5.88. The van der Waals surface area contributed by atoms with Gasteiger partial charge in [0.15, 0.2) is 5.58 Å². The predicted octanol–water partition coefficient (Wildman–Crippen LogP) is 4.75. The fourth-order valence-corrected chi connectivity index (χ4v) is 2.15. The molecule has 2 N–H and O–H groups in total. The Balaban J connectivity index is 2.22. The average Bonchev–Trinajstić information content (AvgIpc) is 2.81. The second-order valence-electron chi connectivity index (χ2n) is 4.40. The molecular weight excluding hydrogens is 305 g/mol. The van der Waals surface area contributed by atoms with Crippen LogP contribution in [0.2, 0.25) is 5.02 Å². The molecule has 2 aromatic carbocycles. The molecule has 7 heteroatoms. The van der Waals surface area contributed by atoms with Crippen molar-refractivity contribution in [3.8, 4) is 11.5 Å². The number of fused-ring (bicyclic) bond motifs is 1. The molecule has 0 spiro atoms. The molecule has 3 rings (SSSR count). The summed E-state index contributed by atoms with van der Waals surface area (Å²) in [6.45, 7) is 0. The fourth-order valence-electron chi connectivity index (χ4n) is 2.00. The molecule has 0 bridgehead atoms. The number of nitrogens with two attached hydrogens (primary N) is 1. The van der Waals surface area contributed by atoms with Gasteiger partial charge in [0.25, 0.3) is 0 Å². The van der Waals surface area contributed by atoms with Crippen LogP contribution in [0.25, 0.3) is 22.6 Å². The standard InChI is InChI=1S/C14H8ClF3N2O/c15-9-5-11-12(6-10(9)19)21-13(20-11)7-3-1-2-4-8(7)14(16,17)18/h1-6H,19H2. The van der Waals surface area contributed by atoms with Crippen molar-refractivity contribution in [3.63, 3.8) is 0 Å². The van der Waals surface area contributed by atoms with Crippen LogP contribution in [0.15, 0.2) is 40.8 Å². The summed E-state index contributed by atoms with van der Waals surface area (Å²) in [7, 11) is 0. The highest BCUT2D eigenvalue weighted by atomic mass is 35.5. The van der Waals surface area contributed by atoms with Gasteiger partial charge in [-0.05, 0) is 18.2 Å². The molecule has 0 amide bonds. The van der Waals surface area contributed by atoms with Crippen molar-refractivity contribution in [1.29, 1.82) is 0 Å². The maximum absolute atomic E-state index is 13.0. The third-order valence-corrected chi connectivity index (χ3v) is 3.30. The third kappa shape index (κ3) is 2.42. The highest BCUT2D eigenvalue weighted by Crippen LogP contribution is 2.38. The summed E-state index contributed by atoms with van der Waals surface area (Å²) in [5.41, 5.74) is 5.60. The first-order chi connectivity index (χ1) is 9.86. The Hall–Kier alpha value is -2.21. The van der Waals surface area contributed by atoms with Gasteiger partial charge >= 0.3 is 6.18 Å². The quantitative estimate of drug-likeness (QED) is 0.660. The van der Waals surface area contributed by atoms with Gasteiger partial charge in [-0.25, -0.2) is 4.98 Å². The van der Waals surface area contributed by atoms with Crippen molar-refractivity contribution in [1.82, 2.24) is 4.98 Å². The lowest BCUT2D eigenvalue weighted by Gasteiger charge is -2.09. The van der Waals surface area contributed by atoms with Crippen LogP contribution in [0.3, 0.4) is 0 Å². The number of nitrogens with zero attached hydrogens (tertiary/aromatic N) is 1. The molecule has 0 aliphatic heterocycles. The van der Waals surface area contributed by atoms with E-state index in [4.69, 9.17) is 21.8 Å². The predicted molar refractivity (Wildman–Crippen MR) is 73.9 cm³/mol. The molecule has 21 heavy (non-hydrogen) atoms. The van der Waals surface area contributed by atoms with E-state index in [9.17, 15) is 13.2 Å². The van der Waals surface area contributed by atoms with Crippen molar-refractivity contribution in [2.45, 2.75) is 6.18 Å². The van der Waals surface area contributed by atoms with Gasteiger partial charge in [0.2, 0.25) is 5.89 Å². The molecule has 0 saturated carbocycles. The number of hydrogen-bond acceptors (Lipinski definition) is 3. The van der Waals surface area contributed by atoms with E-state index < -0.39 is 11.7 Å². The van der Waals surface area contributed by atoms with Crippen LogP contribution in [0, 0.1) is 0 Å². The number of anilines is 1. The lowest BCUT2D eigenvalue weighted by atomic mass is 10.1. The van der Waals surface area contributed by atoms with E-state index in [0.717, 1.165) is 6.07 Å². The van der Waals surface area contributed by atoms with Crippen molar-refractivity contribution in [2.24, 2.45) is 0 Å². The molecule has 0 fully saturated rings. The molecule has 0 atom stereocenters. The van der Waals surface area contributed by atoms with Crippen LogP contribution in [0.4, 0.5) is 18.9 Å². The molecule has 108 valence electrons. The first kappa shape index (κ1) is 13.8. The molecule has 0 saturated heterocycles. The summed E-state index contributed by atoms with van der Waals surface area (Å²) in [6, 6.07) is 7.97. The Morgan fingerprint density at radius 1 is 1.14 bits per heavy atom. The summed E-state index contributed by atoms with van der Waals surface area (Å²) in [6.07, 6.45) is -4.49. The fraction of sp³-hybridized carbons (Fsp3) is 0.0714. The molecule has 0 aliphatic carbocycles. The SMILES string of the molecule is Nc1cc2oc(-c3ccccc3C(F)(F)F)nc2cc1Cl. The molecule has 3 aromatic rings. The second kappa shape index (κ2) is 4.66. The van der Waals surface area contributed by atoms with Crippen molar-refractivity contribution in [3.05, 3.63) is 47.0 Å². The van der Waals surface area contributed by atoms with Crippen molar-refractivity contribution in [2.75, 3.05) is 5.73 Å². The maximum atomic E-state index is 13.0. The highest BCUT2D eigenvalue weighted by molar-refractivity contribution is 6.33. The topological polar surface area (TPSA) is 52.0 Å². The van der Waals surface area contributed by atoms with E-state index >= 15 is 0 Å². The van der Waals surface area contributed by atoms with Crippen LogP contribution in [0.5, 0.6) is 0 Å². The van der Waals surface area contributed by atoms with Gasteiger partial charge in [-0.3, -0.25) is 0 Å². The summed E-state index contributed by atoms with van der Waals surface area (Å²) in [4.78, 5) is 4.05. The van der Waals surface area contributed by atoms with E-state index in [1.165, 1.54) is 30.3 Å². The molecule has 3 nitrogen and oxygen atoms in total. The van der Waals surface area contributed by atoms with Crippen LogP contribution in [-0.4, -0.2) is 4.98 Å². The van der Waals surface area contributed by atoms with Crippen LogP contribution < -0.4 is 5.73 Å². The molecular formula is C14H8ClF3N2O. The van der Waals surface area contributed by atoms with Gasteiger partial charge in [0, 0.05) is 11.6 Å². The number of aromatic nitrogens is 1. The Morgan fingerprint density at radius 2 is 1.86 bits per heavy atom. The van der Waals surface area contributed by atoms with E-state index in [-0.39, 0.29) is 27.7 Å². The number of benzene rings is 2. The molecule has 0 radical (unpaired) electrons. The van der Waals surface area contributed by atoms with Crippen LogP contribution in [0.1, 0.15) is 5.56 Å². The van der Waals surface area contributed by atoms with Gasteiger partial charge < -0.3 is 10.2 Å². The summed E-state index contributed by atoms with van der Waals surface area (Å²) >= 11 is 5.86. The summed E-state index contributed by atoms with van der Waals surface area (Å²) < 4.78 is 44.4. The number of alkyl halides is 3. The Kier molecular flexibility index (Phi) is 3.06. The van der Waals surface area contributed by atoms with Gasteiger partial charge in [-0.1, -0.05) is 23.7 Å². The lowest BCUT2D eigenvalue weighted by Crippen LogP contribution is -2.06. The normalized spacial score (nSPS) is 12.0. The molecule has 0 unspecified atom stereocenters. The average molecular weight is 313 g/mol. The zero-order valence-corrected chi connectivity index (χ0v) is 11.2. The van der Waals surface area contributed by atoms with Gasteiger partial charge in [0.1, 0.15) is 5.52 Å². The van der Waals surface area contributed by atoms with E-state index in [1.54, 1.807) is 0 Å². The van der Waals surface area contributed by atoms with Crippen LogP contribution in [-0.2, 0) is 6.18 Å². The zero-order valence-electron chi connectivity index (χ0n) is 10.4. The molecule has 0 aliphatic rings. The Labute approximate surface area is 122 Å². The highest BCUT2D eigenvalue weighted by Gasteiger charge is 2.34. The van der Waals surface area contributed by atoms with E-state index in [0.29, 0.717) is 5.52 Å². The zero-order chi connectivity index (χ0) is 15.2. The van der Waals surface area contributed by atoms with Gasteiger partial charge in [-0.15, -0.1) is 0 Å². The smallest absolute Gasteiger partial charge is 0.417 e. The summed E-state index contributed by atoms with van der Waals surface area (Å²) in [5.74, 6) is -0.125. The maximum Gasteiger partial charge on any atom is 0.417 e. The minimum absolute atomic E-state index is 0.125. The first-order valence-corrected chi connectivity index (χ1v) is 6.26. The number of halogens is 4. The number of oxazole rings is 1. The lowest BCUT2D eigenvalue weighted by molar-refractivity contribution is -0.137. The Bertz CT molecular complexity index is 788. The van der Waals surface area contributed by atoms with Crippen molar-refractivity contribution >= 4 is 28.4 Å². The third-order valence-electron chi connectivity index (χ3n) is 2.97. The number of hydrogen-bond donors (Lipinski definition) is 1. The van der Waals surface area contributed by atoms with E-state index in [2.05, 4.69) is 4.98 Å².